The van der Waals surface area contributed by atoms with E-state index in [0.717, 1.165) is 0 Å². The highest BCUT2D eigenvalue weighted by Crippen LogP contribution is 1.71. The molecule has 0 aromatic carbocycles. The van der Waals surface area contributed by atoms with Gasteiger partial charge in [-0.05, 0) is 0 Å². The molecule has 0 rings (SSSR count). The first-order valence-corrected chi connectivity index (χ1v) is 2.00. The lowest BCUT2D eigenvalue weighted by Crippen LogP contribution is -2.03. The van der Waals surface area contributed by atoms with Crippen LogP contribution in [0.4, 0.5) is 0 Å². The van der Waals surface area contributed by atoms with Crippen LogP contribution < -0.4 is 0 Å². The van der Waals surface area contributed by atoms with Crippen LogP contribution in [0.5, 0.6) is 0 Å². The number of carbonyl (C=O) groups excluding carboxylic acids is 1. The zero-order valence-corrected chi connectivity index (χ0v) is 4.40. The summed E-state index contributed by atoms with van der Waals surface area (Å²) in [4.78, 5) is 23.1. The normalized spacial score (nSPS) is 9.33. The van der Waals surface area contributed by atoms with Crippen molar-refractivity contribution in [3.05, 3.63) is 0 Å². The molecule has 0 amide bonds. The molecule has 0 heterocycles. The van der Waals surface area contributed by atoms with Crippen LogP contribution in [0.15, 0.2) is 5.16 Å². The third-order valence-corrected chi connectivity index (χ3v) is 0.368. The van der Waals surface area contributed by atoms with Gasteiger partial charge in [-0.25, -0.2) is 4.79 Å². The smallest absolute Gasteiger partial charge is 0.344 e. The molecule has 0 saturated heterocycles. The van der Waals surface area contributed by atoms with Crippen LogP contribution in [0.2, 0.25) is 0 Å². The van der Waals surface area contributed by atoms with Crippen molar-refractivity contribution in [1.82, 2.24) is 0 Å². The van der Waals surface area contributed by atoms with E-state index < -0.39 is 12.6 Å². The van der Waals surface area contributed by atoms with Crippen molar-refractivity contribution in [2.45, 2.75) is 0 Å². The molecule has 1 N–H and O–H groups in total. The Morgan fingerprint density at radius 3 is 3.00 bits per heavy atom. The molecule has 49 valence electrons. The van der Waals surface area contributed by atoms with Gasteiger partial charge in [-0.15, -0.1) is 0 Å². The molecule has 0 spiro atoms. The predicted octanol–water partition coefficient (Wildman–Crippen LogP) is -0.817. The average molecular weight is 130 g/mol. The number of carboxylic acid groups (broad SMARTS) is 1. The van der Waals surface area contributed by atoms with E-state index in [4.69, 9.17) is 5.11 Å². The maximum Gasteiger partial charge on any atom is 0.344 e. The lowest BCUT2D eigenvalue weighted by Gasteiger charge is -1.88. The van der Waals surface area contributed by atoms with Gasteiger partial charge in [-0.3, -0.25) is 4.79 Å². The lowest BCUT2D eigenvalue weighted by molar-refractivity contribution is -0.142. The number of hydrogen-bond acceptors (Lipinski definition) is 4. The minimum Gasteiger partial charge on any atom is -0.479 e. The molecule has 1 radical (unpaired) electrons. The standard InChI is InChI=1S/C4H4NO4/c6-2-1-5-9-3-4(7)8/h1H,3H2,(H,7,8). The van der Waals surface area contributed by atoms with E-state index in [2.05, 4.69) is 9.99 Å². The molecule has 0 saturated carbocycles. The first-order chi connectivity index (χ1) is 4.27. The van der Waals surface area contributed by atoms with Gasteiger partial charge in [-0.2, -0.15) is 0 Å². The molecule has 0 fully saturated rings. The molecule has 0 aliphatic heterocycles. The van der Waals surface area contributed by atoms with Gasteiger partial charge in [0, 0.05) is 0 Å². The Balaban J connectivity index is 3.19. The molecule has 0 unspecified atom stereocenters. The Hall–Kier alpha value is -1.39. The van der Waals surface area contributed by atoms with E-state index >= 15 is 0 Å². The quantitative estimate of drug-likeness (QED) is 0.398. The van der Waals surface area contributed by atoms with Crippen LogP contribution in [0.1, 0.15) is 0 Å². The van der Waals surface area contributed by atoms with Crippen LogP contribution in [0, 0.1) is 0 Å². The van der Waals surface area contributed by atoms with E-state index in [0.29, 0.717) is 6.21 Å². The summed E-state index contributed by atoms with van der Waals surface area (Å²) >= 11 is 0. The monoisotopic (exact) mass is 130 g/mol. The molecule has 9 heavy (non-hydrogen) atoms. The second-order valence-electron chi connectivity index (χ2n) is 1.02. The first-order valence-electron chi connectivity index (χ1n) is 2.00. The molecule has 0 aliphatic carbocycles. The highest BCUT2D eigenvalue weighted by Gasteiger charge is 1.91. The highest BCUT2D eigenvalue weighted by atomic mass is 16.6. The Morgan fingerprint density at radius 1 is 1.89 bits per heavy atom. The molecular weight excluding hydrogens is 126 g/mol. The zero-order valence-electron chi connectivity index (χ0n) is 4.40. The molecule has 5 heteroatoms. The molecular formula is C4H4NO4. The number of carbonyl (C=O) groups is 1. The minimum atomic E-state index is -1.14. The summed E-state index contributed by atoms with van der Waals surface area (Å²) in [6, 6.07) is 0. The number of nitrogens with zero attached hydrogens (tertiary/aromatic N) is 1. The van der Waals surface area contributed by atoms with Crippen molar-refractivity contribution in [1.29, 1.82) is 0 Å². The van der Waals surface area contributed by atoms with Crippen molar-refractivity contribution >= 4 is 18.5 Å². The van der Waals surface area contributed by atoms with E-state index in [-0.39, 0.29) is 0 Å². The van der Waals surface area contributed by atoms with Gasteiger partial charge in [0.15, 0.2) is 0 Å². The van der Waals surface area contributed by atoms with Gasteiger partial charge in [0.05, 0.1) is 0 Å². The van der Waals surface area contributed by atoms with Crippen LogP contribution in [-0.4, -0.2) is 30.2 Å². The fourth-order valence-electron chi connectivity index (χ4n) is 0.151. The van der Waals surface area contributed by atoms with Crippen molar-refractivity contribution in [3.63, 3.8) is 0 Å². The van der Waals surface area contributed by atoms with Crippen molar-refractivity contribution in [2.24, 2.45) is 5.16 Å². The minimum absolute atomic E-state index is 0.543. The third-order valence-electron chi connectivity index (χ3n) is 0.368. The predicted molar refractivity (Wildman–Crippen MR) is 27.8 cm³/mol. The average Bonchev–Trinajstić information content (AvgIpc) is 1.80. The number of aliphatic carboxylic acids is 1. The lowest BCUT2D eigenvalue weighted by atomic mass is 10.8. The van der Waals surface area contributed by atoms with Crippen molar-refractivity contribution in [2.75, 3.05) is 6.61 Å². The molecule has 0 aromatic heterocycles. The maximum atomic E-state index is 9.67. The molecule has 5 nitrogen and oxygen atoms in total. The van der Waals surface area contributed by atoms with E-state index in [1.165, 1.54) is 6.29 Å². The summed E-state index contributed by atoms with van der Waals surface area (Å²) < 4.78 is 0. The second kappa shape index (κ2) is 4.76. The van der Waals surface area contributed by atoms with Crippen LogP contribution >= 0.6 is 0 Å². The summed E-state index contributed by atoms with van der Waals surface area (Å²) in [5.74, 6) is -1.14. The van der Waals surface area contributed by atoms with Crippen LogP contribution in [-0.2, 0) is 14.4 Å². The van der Waals surface area contributed by atoms with Gasteiger partial charge in [0.2, 0.25) is 12.9 Å². The van der Waals surface area contributed by atoms with E-state index in [1.54, 1.807) is 0 Å². The molecule has 0 bridgehead atoms. The number of rotatable bonds is 4. The summed E-state index contributed by atoms with van der Waals surface area (Å²) in [7, 11) is 0. The topological polar surface area (TPSA) is 76.0 Å². The summed E-state index contributed by atoms with van der Waals surface area (Å²) in [5, 5.41) is 10.8. The van der Waals surface area contributed by atoms with Crippen molar-refractivity contribution < 1.29 is 19.5 Å². The zero-order chi connectivity index (χ0) is 7.11. The van der Waals surface area contributed by atoms with Gasteiger partial charge in [-0.1, -0.05) is 5.16 Å². The summed E-state index contributed by atoms with van der Waals surface area (Å²) in [6.45, 7) is -0.543. The number of oxime groups is 1. The maximum absolute atomic E-state index is 9.67. The number of carboxylic acids is 1. The largest absolute Gasteiger partial charge is 0.479 e. The van der Waals surface area contributed by atoms with Crippen molar-refractivity contribution in [3.8, 4) is 0 Å². The summed E-state index contributed by atoms with van der Waals surface area (Å²) in [5.41, 5.74) is 0. The Labute approximate surface area is 50.9 Å². The molecule has 0 aromatic rings. The Bertz CT molecular complexity index is 131. The SMILES string of the molecule is O=[C]C=NOCC(=O)O. The van der Waals surface area contributed by atoms with E-state index in [9.17, 15) is 9.59 Å². The van der Waals surface area contributed by atoms with Crippen LogP contribution in [0.3, 0.4) is 0 Å². The fraction of sp³-hybridized carbons (Fsp3) is 0.250. The van der Waals surface area contributed by atoms with Gasteiger partial charge >= 0.3 is 5.97 Å². The van der Waals surface area contributed by atoms with Gasteiger partial charge < -0.3 is 9.94 Å². The second-order valence-corrected chi connectivity index (χ2v) is 1.02. The van der Waals surface area contributed by atoms with Gasteiger partial charge in [0.1, 0.15) is 6.21 Å². The van der Waals surface area contributed by atoms with Gasteiger partial charge in [0.25, 0.3) is 0 Å². The Morgan fingerprint density at radius 2 is 2.56 bits per heavy atom. The van der Waals surface area contributed by atoms with Crippen LogP contribution in [0.25, 0.3) is 0 Å². The first kappa shape index (κ1) is 7.61. The fourth-order valence-corrected chi connectivity index (χ4v) is 0.151. The highest BCUT2D eigenvalue weighted by molar-refractivity contribution is 6.13. The molecule has 0 atom stereocenters. The summed E-state index contributed by atoms with van der Waals surface area (Å²) in [6.07, 6.45) is 1.98. The molecule has 0 aliphatic rings. The Kier molecular flexibility index (Phi) is 4.03. The third kappa shape index (κ3) is 6.61. The number of hydrogen-bond donors (Lipinski definition) is 1. The van der Waals surface area contributed by atoms with E-state index in [1.807, 2.05) is 0 Å².